The summed E-state index contributed by atoms with van der Waals surface area (Å²) in [6.07, 6.45) is 0. The van der Waals surface area contributed by atoms with Crippen molar-refractivity contribution in [3.05, 3.63) is 40.3 Å². The first-order chi connectivity index (χ1) is 9.02. The number of hydrogen-bond acceptors (Lipinski definition) is 3. The Morgan fingerprint density at radius 1 is 1.26 bits per heavy atom. The molecule has 1 heterocycles. The Labute approximate surface area is 116 Å². The van der Waals surface area contributed by atoms with Crippen LogP contribution in [0.5, 0.6) is 0 Å². The van der Waals surface area contributed by atoms with Gasteiger partial charge in [0.15, 0.2) is 17.5 Å². The van der Waals surface area contributed by atoms with E-state index in [0.29, 0.717) is 23.1 Å². The molecule has 0 unspecified atom stereocenters. The highest BCUT2D eigenvalue weighted by Crippen LogP contribution is 2.25. The van der Waals surface area contributed by atoms with E-state index in [1.54, 1.807) is 13.0 Å². The Morgan fingerprint density at radius 3 is 2.63 bits per heavy atom. The molecule has 3 nitrogen and oxygen atoms in total. The van der Waals surface area contributed by atoms with Crippen LogP contribution in [-0.2, 0) is 0 Å². The van der Waals surface area contributed by atoms with Crippen LogP contribution in [0.2, 0.25) is 5.02 Å². The molecule has 1 N–H and O–H groups in total. The Balaban J connectivity index is 2.52. The highest BCUT2D eigenvalue weighted by atomic mass is 35.5. The van der Waals surface area contributed by atoms with Crippen molar-refractivity contribution in [3.8, 4) is 11.4 Å². The first-order valence-corrected chi connectivity index (χ1v) is 6.45. The second-order valence-electron chi connectivity index (χ2n) is 4.29. The molecule has 0 saturated carbocycles. The second-order valence-corrected chi connectivity index (χ2v) is 4.70. The van der Waals surface area contributed by atoms with Crippen LogP contribution in [0.15, 0.2) is 18.2 Å². The molecule has 100 valence electrons. The number of nitrogens with zero attached hydrogens (tertiary/aromatic N) is 2. The van der Waals surface area contributed by atoms with Gasteiger partial charge in [0.1, 0.15) is 0 Å². The van der Waals surface area contributed by atoms with Gasteiger partial charge in [-0.3, -0.25) is 0 Å². The topological polar surface area (TPSA) is 37.8 Å². The molecule has 0 atom stereocenters. The zero-order chi connectivity index (χ0) is 14.0. The van der Waals surface area contributed by atoms with Gasteiger partial charge in [-0.25, -0.2) is 14.4 Å². The van der Waals surface area contributed by atoms with Gasteiger partial charge < -0.3 is 5.32 Å². The average Bonchev–Trinajstić information content (AvgIpc) is 2.38. The summed E-state index contributed by atoms with van der Waals surface area (Å²) in [7, 11) is 0. The van der Waals surface area contributed by atoms with Crippen LogP contribution >= 0.6 is 11.6 Å². The number of nitrogens with one attached hydrogen (secondary N) is 1. The number of aromatic nitrogens is 2. The van der Waals surface area contributed by atoms with Crippen LogP contribution in [0.3, 0.4) is 0 Å². The second kappa shape index (κ2) is 5.53. The van der Waals surface area contributed by atoms with E-state index in [1.165, 1.54) is 0 Å². The third kappa shape index (κ3) is 2.84. The maximum atomic E-state index is 13.8. The molecule has 1 aromatic carbocycles. The summed E-state index contributed by atoms with van der Waals surface area (Å²) in [4.78, 5) is 8.38. The molecule has 5 heteroatoms. The van der Waals surface area contributed by atoms with E-state index < -0.39 is 5.82 Å². The molecule has 2 rings (SSSR count). The molecule has 0 saturated heterocycles. The molecule has 0 spiro atoms. The Kier molecular flexibility index (Phi) is 4.00. The van der Waals surface area contributed by atoms with E-state index >= 15 is 0 Å². The molecular weight excluding hydrogens is 265 g/mol. The normalized spacial score (nSPS) is 10.6. The minimum atomic E-state index is -0.413. The lowest BCUT2D eigenvalue weighted by molar-refractivity contribution is 0.606. The summed E-state index contributed by atoms with van der Waals surface area (Å²) < 4.78 is 13.8. The van der Waals surface area contributed by atoms with Crippen LogP contribution in [0.4, 0.5) is 10.2 Å². The number of rotatable bonds is 3. The molecule has 0 aliphatic carbocycles. The highest BCUT2D eigenvalue weighted by Gasteiger charge is 2.12. The van der Waals surface area contributed by atoms with E-state index in [0.717, 1.165) is 11.1 Å². The van der Waals surface area contributed by atoms with Gasteiger partial charge in [0, 0.05) is 17.1 Å². The maximum Gasteiger partial charge on any atom is 0.186 e. The van der Waals surface area contributed by atoms with E-state index in [-0.39, 0.29) is 5.82 Å². The van der Waals surface area contributed by atoms with Crippen molar-refractivity contribution in [1.29, 1.82) is 0 Å². The summed E-state index contributed by atoms with van der Waals surface area (Å²) in [5.74, 6) is 0.280. The number of benzene rings is 1. The first-order valence-electron chi connectivity index (χ1n) is 6.07. The van der Waals surface area contributed by atoms with E-state index in [4.69, 9.17) is 11.6 Å². The van der Waals surface area contributed by atoms with Crippen molar-refractivity contribution in [3.63, 3.8) is 0 Å². The zero-order valence-corrected chi connectivity index (χ0v) is 11.8. The van der Waals surface area contributed by atoms with Gasteiger partial charge in [0.2, 0.25) is 0 Å². The summed E-state index contributed by atoms with van der Waals surface area (Å²) >= 11 is 6.09. The first kappa shape index (κ1) is 13.7. The van der Waals surface area contributed by atoms with Crippen molar-refractivity contribution in [2.45, 2.75) is 20.8 Å². The molecule has 0 bridgehead atoms. The fourth-order valence-electron chi connectivity index (χ4n) is 1.70. The average molecular weight is 280 g/mol. The van der Waals surface area contributed by atoms with Crippen LogP contribution in [0.1, 0.15) is 18.2 Å². The van der Waals surface area contributed by atoms with Gasteiger partial charge in [-0.15, -0.1) is 0 Å². The SMILES string of the molecule is CCNc1nc(-c2ccc(C)c(Cl)c2)nc(C)c1F. The largest absolute Gasteiger partial charge is 0.368 e. The zero-order valence-electron chi connectivity index (χ0n) is 11.1. The van der Waals surface area contributed by atoms with Crippen LogP contribution in [0, 0.1) is 19.7 Å². The van der Waals surface area contributed by atoms with E-state index in [2.05, 4.69) is 15.3 Å². The van der Waals surface area contributed by atoms with Crippen LogP contribution in [-0.4, -0.2) is 16.5 Å². The molecule has 0 fully saturated rings. The predicted octanol–water partition coefficient (Wildman–Crippen LogP) is 3.98. The molecular formula is C14H15ClFN3. The van der Waals surface area contributed by atoms with Gasteiger partial charge in [-0.1, -0.05) is 23.7 Å². The fraction of sp³-hybridized carbons (Fsp3) is 0.286. The molecule has 0 aliphatic rings. The summed E-state index contributed by atoms with van der Waals surface area (Å²) in [6.45, 7) is 6.03. The Morgan fingerprint density at radius 2 is 2.00 bits per heavy atom. The smallest absolute Gasteiger partial charge is 0.186 e. The molecule has 0 radical (unpaired) electrons. The lowest BCUT2D eigenvalue weighted by Crippen LogP contribution is -2.06. The number of halogens is 2. The van der Waals surface area contributed by atoms with Gasteiger partial charge in [-0.05, 0) is 32.4 Å². The minimum Gasteiger partial charge on any atom is -0.368 e. The molecule has 0 amide bonds. The van der Waals surface area contributed by atoms with Crippen molar-refractivity contribution in [2.75, 3.05) is 11.9 Å². The third-order valence-electron chi connectivity index (χ3n) is 2.79. The summed E-state index contributed by atoms with van der Waals surface area (Å²) in [6, 6.07) is 5.57. The van der Waals surface area contributed by atoms with E-state index in [9.17, 15) is 4.39 Å². The minimum absolute atomic E-state index is 0.224. The van der Waals surface area contributed by atoms with Crippen LogP contribution in [0.25, 0.3) is 11.4 Å². The van der Waals surface area contributed by atoms with Crippen molar-refractivity contribution in [2.24, 2.45) is 0 Å². The Hall–Kier alpha value is -1.68. The third-order valence-corrected chi connectivity index (χ3v) is 3.20. The van der Waals surface area contributed by atoms with Gasteiger partial charge in [0.05, 0.1) is 5.69 Å². The predicted molar refractivity (Wildman–Crippen MR) is 76.1 cm³/mol. The van der Waals surface area contributed by atoms with Crippen LogP contribution < -0.4 is 5.32 Å². The molecule has 0 aliphatic heterocycles. The van der Waals surface area contributed by atoms with Crippen molar-refractivity contribution in [1.82, 2.24) is 9.97 Å². The molecule has 19 heavy (non-hydrogen) atoms. The van der Waals surface area contributed by atoms with Crippen molar-refractivity contribution >= 4 is 17.4 Å². The quantitative estimate of drug-likeness (QED) is 0.923. The summed E-state index contributed by atoms with van der Waals surface area (Å²) in [5, 5.41) is 3.54. The lowest BCUT2D eigenvalue weighted by Gasteiger charge is -2.09. The van der Waals surface area contributed by atoms with Gasteiger partial charge >= 0.3 is 0 Å². The number of hydrogen-bond donors (Lipinski definition) is 1. The fourth-order valence-corrected chi connectivity index (χ4v) is 1.89. The number of anilines is 1. The maximum absolute atomic E-state index is 13.8. The van der Waals surface area contributed by atoms with Gasteiger partial charge in [0.25, 0.3) is 0 Å². The molecule has 2 aromatic rings. The molecule has 1 aromatic heterocycles. The van der Waals surface area contributed by atoms with Gasteiger partial charge in [-0.2, -0.15) is 0 Å². The standard InChI is InChI=1S/C14H15ClFN3/c1-4-17-14-12(16)9(3)18-13(19-14)10-6-5-8(2)11(15)7-10/h5-7H,4H2,1-3H3,(H,17,18,19). The van der Waals surface area contributed by atoms with Crippen molar-refractivity contribution < 1.29 is 4.39 Å². The highest BCUT2D eigenvalue weighted by molar-refractivity contribution is 6.31. The van der Waals surface area contributed by atoms with E-state index in [1.807, 2.05) is 26.0 Å². The Bertz CT molecular complexity index is 614. The number of aryl methyl sites for hydroxylation is 2. The monoisotopic (exact) mass is 279 g/mol. The lowest BCUT2D eigenvalue weighted by atomic mass is 10.1. The summed E-state index contributed by atoms with van der Waals surface area (Å²) in [5.41, 5.74) is 2.08.